The molecule has 118 valence electrons. The van der Waals surface area contributed by atoms with Crippen molar-refractivity contribution in [1.29, 1.82) is 0 Å². The Morgan fingerprint density at radius 2 is 2.14 bits per heavy atom. The van der Waals surface area contributed by atoms with Crippen molar-refractivity contribution in [3.63, 3.8) is 0 Å². The molecule has 0 spiro atoms. The molecule has 6 heteroatoms. The van der Waals surface area contributed by atoms with Gasteiger partial charge in [0, 0.05) is 38.4 Å². The van der Waals surface area contributed by atoms with E-state index < -0.39 is 0 Å². The maximum atomic E-state index is 12.2. The second kappa shape index (κ2) is 7.45. The molecular formula is C15H27N5O. The van der Waals surface area contributed by atoms with Crippen molar-refractivity contribution in [3.8, 4) is 0 Å². The van der Waals surface area contributed by atoms with Gasteiger partial charge in [0.2, 0.25) is 0 Å². The number of hydrogen-bond donors (Lipinski definition) is 1. The molecule has 2 amide bonds. The average Bonchev–Trinajstić information content (AvgIpc) is 2.76. The van der Waals surface area contributed by atoms with Crippen molar-refractivity contribution < 1.29 is 4.79 Å². The van der Waals surface area contributed by atoms with Crippen LogP contribution in [-0.2, 0) is 6.54 Å². The van der Waals surface area contributed by atoms with Gasteiger partial charge < -0.3 is 9.80 Å². The van der Waals surface area contributed by atoms with Gasteiger partial charge in [0.15, 0.2) is 5.82 Å². The van der Waals surface area contributed by atoms with Crippen LogP contribution in [-0.4, -0.2) is 58.8 Å². The van der Waals surface area contributed by atoms with Gasteiger partial charge in [-0.05, 0) is 32.4 Å². The number of carbonyl (C=O) groups is 1. The number of nitrogens with one attached hydrogen (secondary N) is 1. The standard InChI is InChI=1S/C15H27N5O/c1-13(2)5-9-20-10-6-14(17-20)16-15(21)19-8-4-7-18(3)11-12-19/h6,10,13H,4-5,7-9,11-12H2,1-3H3,(H,16,17,21). The lowest BCUT2D eigenvalue weighted by Gasteiger charge is -2.20. The second-order valence-corrected chi connectivity index (χ2v) is 6.22. The monoisotopic (exact) mass is 293 g/mol. The van der Waals surface area contributed by atoms with Crippen molar-refractivity contribution in [2.45, 2.75) is 33.2 Å². The number of aromatic nitrogens is 2. The predicted octanol–water partition coefficient (Wildman–Crippen LogP) is 2.10. The molecule has 1 aliphatic rings. The maximum Gasteiger partial charge on any atom is 0.323 e. The Morgan fingerprint density at radius 3 is 2.90 bits per heavy atom. The number of carbonyl (C=O) groups excluding carboxylic acids is 1. The molecular weight excluding hydrogens is 266 g/mol. The van der Waals surface area contributed by atoms with Crippen LogP contribution in [0.3, 0.4) is 0 Å². The predicted molar refractivity (Wildman–Crippen MR) is 84.4 cm³/mol. The number of anilines is 1. The van der Waals surface area contributed by atoms with E-state index in [4.69, 9.17) is 0 Å². The molecule has 1 fully saturated rings. The summed E-state index contributed by atoms with van der Waals surface area (Å²) < 4.78 is 1.89. The second-order valence-electron chi connectivity index (χ2n) is 6.22. The van der Waals surface area contributed by atoms with Crippen LogP contribution in [0.15, 0.2) is 12.3 Å². The van der Waals surface area contributed by atoms with E-state index in [0.29, 0.717) is 11.7 Å². The van der Waals surface area contributed by atoms with Crippen LogP contribution in [0.25, 0.3) is 0 Å². The summed E-state index contributed by atoms with van der Waals surface area (Å²) in [4.78, 5) is 16.4. The van der Waals surface area contributed by atoms with E-state index in [1.165, 1.54) is 0 Å². The SMILES string of the molecule is CC(C)CCn1ccc(NC(=O)N2CCCN(C)CC2)n1. The Labute approximate surface area is 127 Å². The molecule has 0 unspecified atom stereocenters. The first kappa shape index (κ1) is 15.8. The Hall–Kier alpha value is -1.56. The molecule has 1 saturated heterocycles. The van der Waals surface area contributed by atoms with Crippen molar-refractivity contribution in [2.75, 3.05) is 38.5 Å². The Bertz CT molecular complexity index is 457. The number of hydrogen-bond acceptors (Lipinski definition) is 3. The number of aryl methyl sites for hydroxylation is 1. The summed E-state index contributed by atoms with van der Waals surface area (Å²) in [6, 6.07) is 1.82. The lowest BCUT2D eigenvalue weighted by molar-refractivity contribution is 0.213. The molecule has 21 heavy (non-hydrogen) atoms. The fourth-order valence-electron chi connectivity index (χ4n) is 2.38. The zero-order valence-corrected chi connectivity index (χ0v) is 13.4. The summed E-state index contributed by atoms with van der Waals surface area (Å²) in [6.07, 6.45) is 4.04. The molecule has 1 N–H and O–H groups in total. The smallest absolute Gasteiger partial charge is 0.323 e. The third-order valence-electron chi connectivity index (χ3n) is 3.82. The Kier molecular flexibility index (Phi) is 5.61. The minimum absolute atomic E-state index is 0.0422. The summed E-state index contributed by atoms with van der Waals surface area (Å²) >= 11 is 0. The molecule has 1 aliphatic heterocycles. The molecule has 0 radical (unpaired) electrons. The highest BCUT2D eigenvalue weighted by atomic mass is 16.2. The van der Waals surface area contributed by atoms with Gasteiger partial charge in [-0.15, -0.1) is 0 Å². The summed E-state index contributed by atoms with van der Waals surface area (Å²) in [7, 11) is 2.10. The molecule has 0 aliphatic carbocycles. The van der Waals surface area contributed by atoms with E-state index in [1.54, 1.807) is 0 Å². The molecule has 0 aromatic carbocycles. The van der Waals surface area contributed by atoms with Gasteiger partial charge in [0.25, 0.3) is 0 Å². The molecule has 0 bridgehead atoms. The largest absolute Gasteiger partial charge is 0.323 e. The van der Waals surface area contributed by atoms with E-state index in [-0.39, 0.29) is 6.03 Å². The molecule has 1 aromatic heterocycles. The Balaban J connectivity index is 1.84. The fourth-order valence-corrected chi connectivity index (χ4v) is 2.38. The molecule has 6 nitrogen and oxygen atoms in total. The highest BCUT2D eigenvalue weighted by Crippen LogP contribution is 2.08. The van der Waals surface area contributed by atoms with Gasteiger partial charge >= 0.3 is 6.03 Å². The van der Waals surface area contributed by atoms with Gasteiger partial charge in [0.05, 0.1) is 0 Å². The van der Waals surface area contributed by atoms with Crippen LogP contribution in [0.4, 0.5) is 10.6 Å². The van der Waals surface area contributed by atoms with Gasteiger partial charge in [-0.1, -0.05) is 13.8 Å². The van der Waals surface area contributed by atoms with E-state index in [1.807, 2.05) is 21.8 Å². The third-order valence-corrected chi connectivity index (χ3v) is 3.82. The van der Waals surface area contributed by atoms with E-state index in [9.17, 15) is 4.79 Å². The van der Waals surface area contributed by atoms with Gasteiger partial charge in [-0.2, -0.15) is 5.10 Å². The number of likely N-dealkylation sites (N-methyl/N-ethyl adjacent to an activating group) is 1. The minimum atomic E-state index is -0.0422. The number of amides is 2. The van der Waals surface area contributed by atoms with Crippen LogP contribution in [0.5, 0.6) is 0 Å². The normalized spacial score (nSPS) is 17.0. The topological polar surface area (TPSA) is 53.4 Å². The van der Waals surface area contributed by atoms with Crippen LogP contribution in [0, 0.1) is 5.92 Å². The zero-order chi connectivity index (χ0) is 15.2. The molecule has 0 saturated carbocycles. The summed E-state index contributed by atoms with van der Waals surface area (Å²) in [6.45, 7) is 8.84. The summed E-state index contributed by atoms with van der Waals surface area (Å²) in [5, 5.41) is 7.30. The van der Waals surface area contributed by atoms with Gasteiger partial charge in [-0.3, -0.25) is 10.00 Å². The quantitative estimate of drug-likeness (QED) is 0.925. The van der Waals surface area contributed by atoms with Crippen molar-refractivity contribution in [1.82, 2.24) is 19.6 Å². The Morgan fingerprint density at radius 1 is 1.33 bits per heavy atom. The van der Waals surface area contributed by atoms with E-state index in [2.05, 4.69) is 36.2 Å². The molecule has 1 aromatic rings. The van der Waals surface area contributed by atoms with Crippen molar-refractivity contribution >= 4 is 11.8 Å². The number of nitrogens with zero attached hydrogens (tertiary/aromatic N) is 4. The number of urea groups is 1. The lowest BCUT2D eigenvalue weighted by Crippen LogP contribution is -2.37. The average molecular weight is 293 g/mol. The zero-order valence-electron chi connectivity index (χ0n) is 13.4. The molecule has 2 rings (SSSR count). The molecule has 2 heterocycles. The van der Waals surface area contributed by atoms with E-state index in [0.717, 1.165) is 45.6 Å². The van der Waals surface area contributed by atoms with Gasteiger partial charge in [0.1, 0.15) is 0 Å². The van der Waals surface area contributed by atoms with Crippen LogP contribution >= 0.6 is 0 Å². The van der Waals surface area contributed by atoms with Crippen LogP contribution in [0.1, 0.15) is 26.7 Å². The first-order chi connectivity index (χ1) is 10.0. The highest BCUT2D eigenvalue weighted by molar-refractivity contribution is 5.88. The number of rotatable bonds is 4. The third kappa shape index (κ3) is 5.04. The van der Waals surface area contributed by atoms with Gasteiger partial charge in [-0.25, -0.2) is 4.79 Å². The lowest BCUT2D eigenvalue weighted by atomic mass is 10.1. The van der Waals surface area contributed by atoms with Crippen molar-refractivity contribution in [3.05, 3.63) is 12.3 Å². The molecule has 0 atom stereocenters. The first-order valence-corrected chi connectivity index (χ1v) is 7.82. The fraction of sp³-hybridized carbons (Fsp3) is 0.733. The minimum Gasteiger partial charge on any atom is -0.323 e. The summed E-state index contributed by atoms with van der Waals surface area (Å²) in [5.74, 6) is 1.29. The maximum absolute atomic E-state index is 12.2. The van der Waals surface area contributed by atoms with Crippen LogP contribution < -0.4 is 5.32 Å². The first-order valence-electron chi connectivity index (χ1n) is 7.82. The van der Waals surface area contributed by atoms with Crippen molar-refractivity contribution in [2.24, 2.45) is 5.92 Å². The van der Waals surface area contributed by atoms with Crippen LogP contribution in [0.2, 0.25) is 0 Å². The highest BCUT2D eigenvalue weighted by Gasteiger charge is 2.18. The summed E-state index contributed by atoms with van der Waals surface area (Å²) in [5.41, 5.74) is 0. The van der Waals surface area contributed by atoms with E-state index >= 15 is 0 Å².